The van der Waals surface area contributed by atoms with Gasteiger partial charge in [0.05, 0.1) is 4.90 Å². The van der Waals surface area contributed by atoms with Gasteiger partial charge in [0.25, 0.3) is 0 Å². The van der Waals surface area contributed by atoms with Crippen LogP contribution >= 0.6 is 47.8 Å². The van der Waals surface area contributed by atoms with Crippen molar-refractivity contribution in [1.82, 2.24) is 4.72 Å². The van der Waals surface area contributed by atoms with E-state index in [-0.39, 0.29) is 4.90 Å². The fourth-order valence-electron chi connectivity index (χ4n) is 2.92. The van der Waals surface area contributed by atoms with Gasteiger partial charge in [-0.1, -0.05) is 51.6 Å². The van der Waals surface area contributed by atoms with E-state index >= 15 is 0 Å². The Hall–Kier alpha value is 0.570. The van der Waals surface area contributed by atoms with E-state index in [0.717, 1.165) is 30.2 Å². The Labute approximate surface area is 151 Å². The Morgan fingerprint density at radius 3 is 2.71 bits per heavy atom. The van der Waals surface area contributed by atoms with E-state index in [0.29, 0.717) is 15.7 Å². The maximum Gasteiger partial charge on any atom is 0.242 e. The van der Waals surface area contributed by atoms with Gasteiger partial charge in [0.15, 0.2) is 0 Å². The first-order valence-corrected chi connectivity index (χ1v) is 11.0. The molecule has 1 aromatic carbocycles. The molecule has 1 aliphatic rings. The van der Waals surface area contributed by atoms with Gasteiger partial charge in [-0.3, -0.25) is 0 Å². The van der Waals surface area contributed by atoms with E-state index in [1.165, 1.54) is 0 Å². The van der Waals surface area contributed by atoms with Crippen molar-refractivity contribution in [2.24, 2.45) is 5.92 Å². The summed E-state index contributed by atoms with van der Waals surface area (Å²) in [4.78, 5) is 0.274. The highest BCUT2D eigenvalue weighted by Gasteiger charge is 2.38. The molecule has 1 N–H and O–H groups in total. The van der Waals surface area contributed by atoms with Crippen LogP contribution in [0.3, 0.4) is 0 Å². The number of halogens is 3. The Kier molecular flexibility index (Phi) is 5.96. The SMILES string of the molecule is CC1CCCC(CBr)(NS(=O)(=O)c2cc(Br)ccc2Br)C1. The molecule has 0 saturated heterocycles. The van der Waals surface area contributed by atoms with Gasteiger partial charge in [0, 0.05) is 19.8 Å². The average Bonchev–Trinajstić information content (AvgIpc) is 2.41. The Bertz CT molecular complexity index is 621. The predicted octanol–water partition coefficient (Wildman–Crippen LogP) is 4.83. The maximum absolute atomic E-state index is 12.8. The summed E-state index contributed by atoms with van der Waals surface area (Å²) >= 11 is 10.2. The molecule has 0 spiro atoms. The second-order valence-electron chi connectivity index (χ2n) is 5.80. The molecule has 0 heterocycles. The topological polar surface area (TPSA) is 46.2 Å². The first-order chi connectivity index (χ1) is 9.78. The van der Waals surface area contributed by atoms with Crippen LogP contribution in [0, 0.1) is 5.92 Å². The fourth-order valence-corrected chi connectivity index (χ4v) is 6.70. The average molecular weight is 504 g/mol. The van der Waals surface area contributed by atoms with Gasteiger partial charge in [-0.2, -0.15) is 0 Å². The summed E-state index contributed by atoms with van der Waals surface area (Å²) in [6, 6.07) is 5.18. The molecule has 0 aromatic heterocycles. The van der Waals surface area contributed by atoms with Crippen molar-refractivity contribution in [3.63, 3.8) is 0 Å². The summed E-state index contributed by atoms with van der Waals surface area (Å²) in [5.41, 5.74) is -0.391. The van der Waals surface area contributed by atoms with Crippen molar-refractivity contribution < 1.29 is 8.42 Å². The lowest BCUT2D eigenvalue weighted by Crippen LogP contribution is -2.52. The van der Waals surface area contributed by atoms with Crippen LogP contribution in [0.25, 0.3) is 0 Å². The number of hydrogen-bond acceptors (Lipinski definition) is 2. The molecule has 21 heavy (non-hydrogen) atoms. The van der Waals surface area contributed by atoms with E-state index in [2.05, 4.69) is 59.4 Å². The number of benzene rings is 1. The summed E-state index contributed by atoms with van der Waals surface area (Å²) in [7, 11) is -3.56. The largest absolute Gasteiger partial charge is 0.242 e. The lowest BCUT2D eigenvalue weighted by Gasteiger charge is -2.39. The minimum absolute atomic E-state index is 0.274. The highest BCUT2D eigenvalue weighted by Crippen LogP contribution is 2.36. The third kappa shape index (κ3) is 4.31. The van der Waals surface area contributed by atoms with Gasteiger partial charge < -0.3 is 0 Å². The van der Waals surface area contributed by atoms with Gasteiger partial charge in [0.1, 0.15) is 0 Å². The fraction of sp³-hybridized carbons (Fsp3) is 0.571. The summed E-state index contributed by atoms with van der Waals surface area (Å²) in [6.07, 6.45) is 3.95. The normalized spacial score (nSPS) is 26.8. The van der Waals surface area contributed by atoms with Crippen LogP contribution in [-0.4, -0.2) is 19.3 Å². The molecule has 2 atom stereocenters. The van der Waals surface area contributed by atoms with Crippen molar-refractivity contribution >= 4 is 57.8 Å². The first-order valence-electron chi connectivity index (χ1n) is 6.83. The van der Waals surface area contributed by atoms with E-state index in [9.17, 15) is 8.42 Å². The van der Waals surface area contributed by atoms with Crippen LogP contribution in [0.4, 0.5) is 0 Å². The van der Waals surface area contributed by atoms with Crippen molar-refractivity contribution in [2.75, 3.05) is 5.33 Å². The molecule has 0 aliphatic heterocycles. The summed E-state index contributed by atoms with van der Waals surface area (Å²) in [5.74, 6) is 0.532. The number of nitrogens with one attached hydrogen (secondary N) is 1. The molecule has 7 heteroatoms. The molecule has 1 aliphatic carbocycles. The summed E-state index contributed by atoms with van der Waals surface area (Å²) < 4.78 is 29.8. The Balaban J connectivity index is 2.33. The molecule has 0 amide bonds. The van der Waals surface area contributed by atoms with E-state index in [4.69, 9.17) is 0 Å². The maximum atomic E-state index is 12.8. The Morgan fingerprint density at radius 1 is 1.38 bits per heavy atom. The molecule has 1 aromatic rings. The standard InChI is InChI=1S/C14H18Br3NO2S/c1-10-3-2-6-14(8-10,9-15)18-21(19,20)13-7-11(16)4-5-12(13)17/h4-5,7,10,18H,2-3,6,8-9H2,1H3. The van der Waals surface area contributed by atoms with Crippen molar-refractivity contribution in [1.29, 1.82) is 0 Å². The molecule has 0 radical (unpaired) electrons. The third-order valence-corrected chi connectivity index (χ3v) is 8.02. The van der Waals surface area contributed by atoms with Gasteiger partial charge in [-0.05, 0) is 52.9 Å². The van der Waals surface area contributed by atoms with Crippen LogP contribution < -0.4 is 4.72 Å². The zero-order valence-electron chi connectivity index (χ0n) is 11.7. The highest BCUT2D eigenvalue weighted by atomic mass is 79.9. The smallest absolute Gasteiger partial charge is 0.207 e. The zero-order valence-corrected chi connectivity index (χ0v) is 17.3. The lowest BCUT2D eigenvalue weighted by molar-refractivity contribution is 0.241. The molecule has 2 unspecified atom stereocenters. The number of rotatable bonds is 4. The summed E-state index contributed by atoms with van der Waals surface area (Å²) in [6.45, 7) is 2.18. The monoisotopic (exact) mass is 501 g/mol. The van der Waals surface area contributed by atoms with Gasteiger partial charge >= 0.3 is 0 Å². The van der Waals surface area contributed by atoms with Crippen LogP contribution in [0.15, 0.2) is 32.0 Å². The number of hydrogen-bond donors (Lipinski definition) is 1. The van der Waals surface area contributed by atoms with Crippen LogP contribution in [0.2, 0.25) is 0 Å². The molecule has 1 saturated carbocycles. The summed E-state index contributed by atoms with van der Waals surface area (Å²) in [5, 5.41) is 0.634. The van der Waals surface area contributed by atoms with Crippen LogP contribution in [0.5, 0.6) is 0 Å². The van der Waals surface area contributed by atoms with E-state index < -0.39 is 15.6 Å². The van der Waals surface area contributed by atoms with Crippen molar-refractivity contribution in [3.05, 3.63) is 27.1 Å². The first kappa shape index (κ1) is 17.9. The highest BCUT2D eigenvalue weighted by molar-refractivity contribution is 9.11. The minimum Gasteiger partial charge on any atom is -0.207 e. The molecule has 2 rings (SSSR count). The molecule has 1 fully saturated rings. The molecule has 0 bridgehead atoms. The van der Waals surface area contributed by atoms with Crippen LogP contribution in [0.1, 0.15) is 32.6 Å². The van der Waals surface area contributed by atoms with Crippen LogP contribution in [-0.2, 0) is 10.0 Å². The number of alkyl halides is 1. The number of sulfonamides is 1. The van der Waals surface area contributed by atoms with E-state index in [1.54, 1.807) is 12.1 Å². The third-order valence-electron chi connectivity index (χ3n) is 3.88. The Morgan fingerprint density at radius 2 is 2.10 bits per heavy atom. The molecule has 118 valence electrons. The van der Waals surface area contributed by atoms with Gasteiger partial charge in [0.2, 0.25) is 10.0 Å². The van der Waals surface area contributed by atoms with Gasteiger partial charge in [-0.15, -0.1) is 0 Å². The quantitative estimate of drug-likeness (QED) is 0.598. The van der Waals surface area contributed by atoms with Crippen molar-refractivity contribution in [2.45, 2.75) is 43.0 Å². The second-order valence-corrected chi connectivity index (χ2v) is 9.78. The molecular formula is C14H18Br3NO2S. The van der Waals surface area contributed by atoms with Crippen molar-refractivity contribution in [3.8, 4) is 0 Å². The second kappa shape index (κ2) is 6.99. The molecule has 3 nitrogen and oxygen atoms in total. The lowest BCUT2D eigenvalue weighted by atomic mass is 9.78. The van der Waals surface area contributed by atoms with E-state index in [1.807, 2.05) is 6.07 Å². The minimum atomic E-state index is -3.56. The zero-order chi connectivity index (χ0) is 15.7. The van der Waals surface area contributed by atoms with Gasteiger partial charge in [-0.25, -0.2) is 13.1 Å². The molecular weight excluding hydrogens is 486 g/mol. The predicted molar refractivity (Wildman–Crippen MR) is 96.3 cm³/mol.